The summed E-state index contributed by atoms with van der Waals surface area (Å²) in [5.41, 5.74) is 1.14. The Morgan fingerprint density at radius 2 is 1.82 bits per heavy atom. The molecule has 0 fully saturated rings. The Kier molecular flexibility index (Phi) is 6.73. The van der Waals surface area contributed by atoms with E-state index in [1.54, 1.807) is 25.4 Å². The van der Waals surface area contributed by atoms with Gasteiger partial charge in [-0.1, -0.05) is 6.07 Å². The number of nitrogens with zero attached hydrogens (tertiary/aromatic N) is 3. The number of carbonyl (C=O) groups excluding carboxylic acids is 1. The highest BCUT2D eigenvalue weighted by Gasteiger charge is 2.08. The first kappa shape index (κ1) is 19.1. The van der Waals surface area contributed by atoms with Crippen LogP contribution in [0.5, 0.6) is 11.5 Å². The van der Waals surface area contributed by atoms with E-state index < -0.39 is 0 Å². The fourth-order valence-corrected chi connectivity index (χ4v) is 2.33. The third kappa shape index (κ3) is 5.66. The lowest BCUT2D eigenvalue weighted by Crippen LogP contribution is -2.29. The molecule has 144 valence electrons. The van der Waals surface area contributed by atoms with Crippen LogP contribution < -0.4 is 20.1 Å². The summed E-state index contributed by atoms with van der Waals surface area (Å²) in [6, 6.07) is 16.3. The largest absolute Gasteiger partial charge is 0.497 e. The number of rotatable bonds is 9. The van der Waals surface area contributed by atoms with Crippen LogP contribution in [0, 0.1) is 0 Å². The molecule has 2 N–H and O–H groups in total. The third-order valence-corrected chi connectivity index (χ3v) is 3.79. The van der Waals surface area contributed by atoms with E-state index in [4.69, 9.17) is 9.47 Å². The predicted octanol–water partition coefficient (Wildman–Crippen LogP) is 2.30. The Balaban J connectivity index is 1.40. The minimum atomic E-state index is -0.304. The number of amides is 1. The van der Waals surface area contributed by atoms with Crippen LogP contribution in [0.15, 0.2) is 60.8 Å². The Hall–Kier alpha value is -3.68. The number of anilines is 1. The van der Waals surface area contributed by atoms with Crippen LogP contribution in [0.3, 0.4) is 0 Å². The van der Waals surface area contributed by atoms with Crippen LogP contribution in [0.1, 0.15) is 16.2 Å². The van der Waals surface area contributed by atoms with Crippen molar-refractivity contribution in [3.8, 4) is 11.5 Å². The molecule has 0 aliphatic rings. The number of methoxy groups -OCH3 is 1. The summed E-state index contributed by atoms with van der Waals surface area (Å²) >= 11 is 0. The number of benzene rings is 1. The minimum Gasteiger partial charge on any atom is -0.497 e. The average Bonchev–Trinajstić information content (AvgIpc) is 2.76. The van der Waals surface area contributed by atoms with Gasteiger partial charge in [-0.15, -0.1) is 10.2 Å². The van der Waals surface area contributed by atoms with Gasteiger partial charge in [0.25, 0.3) is 5.91 Å². The van der Waals surface area contributed by atoms with Crippen molar-refractivity contribution >= 4 is 11.7 Å². The fraction of sp³-hybridized carbons (Fsp3) is 0.200. The summed E-state index contributed by atoms with van der Waals surface area (Å²) in [4.78, 5) is 16.3. The molecule has 28 heavy (non-hydrogen) atoms. The molecule has 1 amide bonds. The summed E-state index contributed by atoms with van der Waals surface area (Å²) < 4.78 is 10.7. The lowest BCUT2D eigenvalue weighted by molar-refractivity contribution is 0.0941. The van der Waals surface area contributed by atoms with Crippen molar-refractivity contribution in [2.75, 3.05) is 25.6 Å². The first-order valence-corrected chi connectivity index (χ1v) is 8.77. The first-order chi connectivity index (χ1) is 13.7. The number of nitrogens with one attached hydrogen (secondary N) is 2. The van der Waals surface area contributed by atoms with Gasteiger partial charge in [-0.25, -0.2) is 0 Å². The van der Waals surface area contributed by atoms with Crippen molar-refractivity contribution in [3.05, 3.63) is 72.2 Å². The Morgan fingerprint density at radius 3 is 2.50 bits per heavy atom. The molecular formula is C20H21N5O3. The number of pyridine rings is 1. The summed E-state index contributed by atoms with van der Waals surface area (Å²) in [6.07, 6.45) is 1.73. The van der Waals surface area contributed by atoms with Crippen molar-refractivity contribution in [1.29, 1.82) is 0 Å². The van der Waals surface area contributed by atoms with E-state index in [0.29, 0.717) is 31.3 Å². The maximum atomic E-state index is 12.1. The standard InChI is InChI=1S/C20H21N5O3/c1-27-16-5-7-17(8-6-16)28-13-12-22-20(26)18-9-10-19(25-24-18)23-14-15-4-2-3-11-21-15/h2-11H,12-14H2,1H3,(H,22,26)(H,23,25). The Bertz CT molecular complexity index is 871. The van der Waals surface area contributed by atoms with Crippen LogP contribution in [-0.4, -0.2) is 41.3 Å². The summed E-state index contributed by atoms with van der Waals surface area (Å²) in [5.74, 6) is 1.74. The van der Waals surface area contributed by atoms with Crippen molar-refractivity contribution < 1.29 is 14.3 Å². The van der Waals surface area contributed by atoms with Crippen molar-refractivity contribution in [1.82, 2.24) is 20.5 Å². The minimum absolute atomic E-state index is 0.243. The second-order valence-electron chi connectivity index (χ2n) is 5.76. The quantitative estimate of drug-likeness (QED) is 0.551. The molecule has 0 atom stereocenters. The van der Waals surface area contributed by atoms with Gasteiger partial charge in [0.15, 0.2) is 5.69 Å². The zero-order valence-corrected chi connectivity index (χ0v) is 15.5. The number of hydrogen-bond acceptors (Lipinski definition) is 7. The van der Waals surface area contributed by atoms with E-state index in [9.17, 15) is 4.79 Å². The van der Waals surface area contributed by atoms with Gasteiger partial charge >= 0.3 is 0 Å². The fourth-order valence-electron chi connectivity index (χ4n) is 2.33. The monoisotopic (exact) mass is 379 g/mol. The number of aromatic nitrogens is 3. The molecule has 0 saturated heterocycles. The molecule has 1 aromatic carbocycles. The molecular weight excluding hydrogens is 358 g/mol. The molecule has 0 bridgehead atoms. The van der Waals surface area contributed by atoms with E-state index >= 15 is 0 Å². The van der Waals surface area contributed by atoms with Crippen molar-refractivity contribution in [3.63, 3.8) is 0 Å². The summed E-state index contributed by atoms with van der Waals surface area (Å²) in [7, 11) is 1.61. The van der Waals surface area contributed by atoms with E-state index in [-0.39, 0.29) is 11.6 Å². The zero-order chi connectivity index (χ0) is 19.6. The van der Waals surface area contributed by atoms with Crippen LogP contribution in [0.4, 0.5) is 5.82 Å². The highest BCUT2D eigenvalue weighted by molar-refractivity contribution is 5.92. The van der Waals surface area contributed by atoms with E-state index in [1.807, 2.05) is 42.5 Å². The molecule has 0 unspecified atom stereocenters. The molecule has 8 nitrogen and oxygen atoms in total. The smallest absolute Gasteiger partial charge is 0.271 e. The van der Waals surface area contributed by atoms with Crippen LogP contribution >= 0.6 is 0 Å². The molecule has 0 radical (unpaired) electrons. The Morgan fingerprint density at radius 1 is 1.00 bits per heavy atom. The molecule has 3 aromatic rings. The molecule has 0 aliphatic heterocycles. The predicted molar refractivity (Wildman–Crippen MR) is 104 cm³/mol. The van der Waals surface area contributed by atoms with Crippen LogP contribution in [-0.2, 0) is 6.54 Å². The zero-order valence-electron chi connectivity index (χ0n) is 15.5. The van der Waals surface area contributed by atoms with Gasteiger partial charge in [0.2, 0.25) is 0 Å². The van der Waals surface area contributed by atoms with Gasteiger partial charge in [-0.3, -0.25) is 9.78 Å². The number of carbonyl (C=O) groups is 1. The number of ether oxygens (including phenoxy) is 2. The van der Waals surface area contributed by atoms with E-state index in [1.165, 1.54) is 0 Å². The molecule has 2 aromatic heterocycles. The van der Waals surface area contributed by atoms with Crippen molar-refractivity contribution in [2.24, 2.45) is 0 Å². The van der Waals surface area contributed by atoms with E-state index in [0.717, 1.165) is 11.4 Å². The highest BCUT2D eigenvalue weighted by atomic mass is 16.5. The van der Waals surface area contributed by atoms with Gasteiger partial charge in [-0.2, -0.15) is 0 Å². The lowest BCUT2D eigenvalue weighted by Gasteiger charge is -2.08. The van der Waals surface area contributed by atoms with Gasteiger partial charge in [0.05, 0.1) is 25.9 Å². The normalized spacial score (nSPS) is 10.2. The Labute approximate surface area is 162 Å². The van der Waals surface area contributed by atoms with Gasteiger partial charge in [0, 0.05) is 6.20 Å². The van der Waals surface area contributed by atoms with Gasteiger partial charge in [-0.05, 0) is 48.5 Å². The molecule has 0 spiro atoms. The topological polar surface area (TPSA) is 98.3 Å². The number of hydrogen-bond donors (Lipinski definition) is 2. The van der Waals surface area contributed by atoms with Crippen LogP contribution in [0.25, 0.3) is 0 Å². The molecule has 2 heterocycles. The lowest BCUT2D eigenvalue weighted by atomic mass is 10.3. The SMILES string of the molecule is COc1ccc(OCCNC(=O)c2ccc(NCc3ccccn3)nn2)cc1. The maximum absolute atomic E-state index is 12.1. The molecule has 0 aliphatic carbocycles. The molecule has 0 saturated carbocycles. The third-order valence-electron chi connectivity index (χ3n) is 3.79. The highest BCUT2D eigenvalue weighted by Crippen LogP contribution is 2.16. The second kappa shape index (κ2) is 9.86. The summed E-state index contributed by atoms with van der Waals surface area (Å²) in [5, 5.41) is 13.8. The summed E-state index contributed by atoms with van der Waals surface area (Å²) in [6.45, 7) is 1.23. The second-order valence-corrected chi connectivity index (χ2v) is 5.76. The van der Waals surface area contributed by atoms with E-state index in [2.05, 4.69) is 25.8 Å². The first-order valence-electron chi connectivity index (χ1n) is 8.77. The van der Waals surface area contributed by atoms with Crippen molar-refractivity contribution in [2.45, 2.75) is 6.54 Å². The van der Waals surface area contributed by atoms with Crippen LogP contribution in [0.2, 0.25) is 0 Å². The van der Waals surface area contributed by atoms with Gasteiger partial charge in [0.1, 0.15) is 23.9 Å². The molecule has 3 rings (SSSR count). The average molecular weight is 379 g/mol. The molecule has 8 heteroatoms. The maximum Gasteiger partial charge on any atom is 0.271 e. The van der Waals surface area contributed by atoms with Gasteiger partial charge < -0.3 is 20.1 Å².